The Morgan fingerprint density at radius 2 is 1.84 bits per heavy atom. The fourth-order valence-corrected chi connectivity index (χ4v) is 7.10. The summed E-state index contributed by atoms with van der Waals surface area (Å²) in [5.41, 5.74) is 2.86. The van der Waals surface area contributed by atoms with Gasteiger partial charge in [0.2, 0.25) is 15.9 Å². The van der Waals surface area contributed by atoms with Crippen molar-refractivity contribution in [2.24, 2.45) is 5.92 Å². The van der Waals surface area contributed by atoms with Gasteiger partial charge in [0.05, 0.1) is 10.6 Å². The van der Waals surface area contributed by atoms with E-state index in [9.17, 15) is 13.2 Å². The van der Waals surface area contributed by atoms with E-state index < -0.39 is 10.0 Å². The van der Waals surface area contributed by atoms with Gasteiger partial charge in [0.25, 0.3) is 0 Å². The molecule has 0 saturated heterocycles. The van der Waals surface area contributed by atoms with Crippen molar-refractivity contribution >= 4 is 33.4 Å². The van der Waals surface area contributed by atoms with Crippen LogP contribution < -0.4 is 4.90 Å². The minimum Gasteiger partial charge on any atom is -0.308 e. The maximum absolute atomic E-state index is 13.3. The number of rotatable bonds is 10. The first-order chi connectivity index (χ1) is 17.7. The lowest BCUT2D eigenvalue weighted by Crippen LogP contribution is -2.37. The van der Waals surface area contributed by atoms with Crippen LogP contribution in [0.4, 0.5) is 5.69 Å². The molecular weight excluding hydrogens is 506 g/mol. The lowest BCUT2D eigenvalue weighted by atomic mass is 10.1. The molecule has 2 heterocycles. The topological polar surface area (TPSA) is 88.4 Å². The molecule has 8 nitrogen and oxygen atoms in total. The molecule has 37 heavy (non-hydrogen) atoms. The van der Waals surface area contributed by atoms with Crippen LogP contribution in [0.15, 0.2) is 58.6 Å². The van der Waals surface area contributed by atoms with Gasteiger partial charge < -0.3 is 9.47 Å². The molecule has 3 aromatic rings. The zero-order valence-corrected chi connectivity index (χ0v) is 23.7. The molecule has 4 rings (SSSR count). The van der Waals surface area contributed by atoms with Crippen LogP contribution >= 0.6 is 11.8 Å². The van der Waals surface area contributed by atoms with Crippen LogP contribution in [-0.2, 0) is 27.8 Å². The first kappa shape index (κ1) is 27.3. The van der Waals surface area contributed by atoms with E-state index in [1.165, 1.54) is 21.6 Å². The molecule has 1 amide bonds. The van der Waals surface area contributed by atoms with Crippen LogP contribution in [0.1, 0.15) is 40.2 Å². The third kappa shape index (κ3) is 5.61. The number of thioether (sulfide) groups is 1. The summed E-state index contributed by atoms with van der Waals surface area (Å²) in [7, 11) is -3.60. The predicted octanol–water partition coefficient (Wildman–Crippen LogP) is 4.70. The molecule has 1 aliphatic heterocycles. The Morgan fingerprint density at radius 3 is 2.54 bits per heavy atom. The molecule has 0 N–H and O–H groups in total. The zero-order chi connectivity index (χ0) is 26.7. The average molecular weight is 542 g/mol. The van der Waals surface area contributed by atoms with Crippen LogP contribution in [0.25, 0.3) is 11.4 Å². The maximum Gasteiger partial charge on any atom is 0.243 e. The largest absolute Gasteiger partial charge is 0.308 e. The standard InChI is InChI=1S/C27H35N5O3S2/c1-6-30(7-2)37(34,35)23-13-10-12-22(16-23)26-28-29-27(31(26)17-19(3)4)36-18-25(33)32-20(5)15-21-11-8-9-14-24(21)32/h8-14,16,19-20H,6-7,15,17-18H2,1-5H3. The van der Waals surface area contributed by atoms with Crippen molar-refractivity contribution in [1.29, 1.82) is 0 Å². The Labute approximate surface area is 224 Å². The van der Waals surface area contributed by atoms with E-state index in [2.05, 4.69) is 37.0 Å². The second-order valence-electron chi connectivity index (χ2n) is 9.66. The number of hydrogen-bond donors (Lipinski definition) is 0. The molecule has 0 bridgehead atoms. The first-order valence-corrected chi connectivity index (χ1v) is 15.2. The Morgan fingerprint density at radius 1 is 1.11 bits per heavy atom. The van der Waals surface area contributed by atoms with Gasteiger partial charge >= 0.3 is 0 Å². The number of carbonyl (C=O) groups excluding carboxylic acids is 1. The summed E-state index contributed by atoms with van der Waals surface area (Å²) < 4.78 is 29.6. The fraction of sp³-hybridized carbons (Fsp3) is 0.444. The third-order valence-electron chi connectivity index (χ3n) is 6.50. The molecule has 10 heteroatoms. The van der Waals surface area contributed by atoms with Gasteiger partial charge in [-0.1, -0.05) is 69.8 Å². The highest BCUT2D eigenvalue weighted by atomic mass is 32.2. The Kier molecular flexibility index (Phi) is 8.40. The molecule has 1 aliphatic rings. The van der Waals surface area contributed by atoms with E-state index in [0.29, 0.717) is 42.1 Å². The van der Waals surface area contributed by atoms with Crippen LogP contribution in [0, 0.1) is 5.92 Å². The van der Waals surface area contributed by atoms with E-state index in [-0.39, 0.29) is 22.6 Å². The highest BCUT2D eigenvalue weighted by Crippen LogP contribution is 2.33. The summed E-state index contributed by atoms with van der Waals surface area (Å²) in [5.74, 6) is 1.18. The first-order valence-electron chi connectivity index (χ1n) is 12.7. The van der Waals surface area contributed by atoms with E-state index in [4.69, 9.17) is 0 Å². The van der Waals surface area contributed by atoms with Gasteiger partial charge in [-0.05, 0) is 43.0 Å². The number of para-hydroxylation sites is 1. The Hall–Kier alpha value is -2.69. The summed E-state index contributed by atoms with van der Waals surface area (Å²) in [6.45, 7) is 11.4. The van der Waals surface area contributed by atoms with Crippen molar-refractivity contribution in [3.8, 4) is 11.4 Å². The smallest absolute Gasteiger partial charge is 0.243 e. The third-order valence-corrected chi connectivity index (χ3v) is 9.50. The molecule has 0 spiro atoms. The number of aromatic nitrogens is 3. The van der Waals surface area contributed by atoms with Crippen molar-refractivity contribution in [3.63, 3.8) is 0 Å². The van der Waals surface area contributed by atoms with Crippen molar-refractivity contribution in [2.45, 2.75) is 63.7 Å². The lowest BCUT2D eigenvalue weighted by Gasteiger charge is -2.22. The summed E-state index contributed by atoms with van der Waals surface area (Å²) in [6.07, 6.45) is 0.854. The van der Waals surface area contributed by atoms with Crippen LogP contribution in [-0.4, -0.2) is 58.3 Å². The fourth-order valence-electron chi connectivity index (χ4n) is 4.79. The van der Waals surface area contributed by atoms with Crippen molar-refractivity contribution < 1.29 is 13.2 Å². The van der Waals surface area contributed by atoms with Gasteiger partial charge in [0.1, 0.15) is 0 Å². The van der Waals surface area contributed by atoms with Crippen molar-refractivity contribution in [2.75, 3.05) is 23.7 Å². The number of sulfonamides is 1. The second-order valence-corrected chi connectivity index (χ2v) is 12.5. The Bertz CT molecular complexity index is 1370. The molecule has 0 saturated carbocycles. The van der Waals surface area contributed by atoms with E-state index in [1.807, 2.05) is 47.6 Å². The van der Waals surface area contributed by atoms with E-state index in [1.54, 1.807) is 18.2 Å². The highest BCUT2D eigenvalue weighted by molar-refractivity contribution is 7.99. The van der Waals surface area contributed by atoms with Crippen LogP contribution in [0.5, 0.6) is 0 Å². The molecule has 0 fully saturated rings. The molecule has 0 aliphatic carbocycles. The number of amides is 1. The van der Waals surface area contributed by atoms with Crippen LogP contribution in [0.2, 0.25) is 0 Å². The molecule has 1 atom stereocenters. The quantitative estimate of drug-likeness (QED) is 0.346. The number of carbonyl (C=O) groups is 1. The summed E-state index contributed by atoms with van der Waals surface area (Å²) in [6, 6.07) is 15.0. The zero-order valence-electron chi connectivity index (χ0n) is 22.1. The normalized spacial score (nSPS) is 15.5. The van der Waals surface area contributed by atoms with Gasteiger partial charge in [-0.15, -0.1) is 10.2 Å². The molecule has 2 aromatic carbocycles. The number of benzene rings is 2. The van der Waals surface area contributed by atoms with Crippen molar-refractivity contribution in [3.05, 3.63) is 54.1 Å². The second kappa shape index (κ2) is 11.4. The van der Waals surface area contributed by atoms with E-state index >= 15 is 0 Å². The molecule has 1 unspecified atom stereocenters. The van der Waals surface area contributed by atoms with Crippen LogP contribution in [0.3, 0.4) is 0 Å². The van der Waals surface area contributed by atoms with E-state index in [0.717, 1.165) is 12.1 Å². The summed E-state index contributed by atoms with van der Waals surface area (Å²) in [4.78, 5) is 15.4. The number of fused-ring (bicyclic) bond motifs is 1. The SMILES string of the molecule is CCN(CC)S(=O)(=O)c1cccc(-c2nnc(SCC(=O)N3c4ccccc4CC3C)n2CC(C)C)c1. The van der Waals surface area contributed by atoms with Gasteiger partial charge in [-0.25, -0.2) is 8.42 Å². The Balaban J connectivity index is 1.60. The molecule has 1 aromatic heterocycles. The number of nitrogens with zero attached hydrogens (tertiary/aromatic N) is 5. The monoisotopic (exact) mass is 541 g/mol. The average Bonchev–Trinajstić information content (AvgIpc) is 3.42. The minimum atomic E-state index is -3.60. The highest BCUT2D eigenvalue weighted by Gasteiger charge is 2.31. The van der Waals surface area contributed by atoms with Gasteiger partial charge in [0.15, 0.2) is 11.0 Å². The molecular formula is C27H35N5O3S2. The van der Waals surface area contributed by atoms with Gasteiger partial charge in [0, 0.05) is 36.9 Å². The van der Waals surface area contributed by atoms with Gasteiger partial charge in [-0.2, -0.15) is 4.31 Å². The summed E-state index contributed by atoms with van der Waals surface area (Å²) in [5, 5.41) is 9.49. The van der Waals surface area contributed by atoms with Gasteiger partial charge in [-0.3, -0.25) is 4.79 Å². The summed E-state index contributed by atoms with van der Waals surface area (Å²) >= 11 is 1.37. The number of hydrogen-bond acceptors (Lipinski definition) is 6. The predicted molar refractivity (Wildman–Crippen MR) is 148 cm³/mol. The minimum absolute atomic E-state index is 0.0374. The lowest BCUT2D eigenvalue weighted by molar-refractivity contribution is -0.116. The molecule has 198 valence electrons. The number of anilines is 1. The molecule has 0 radical (unpaired) electrons. The maximum atomic E-state index is 13.3. The van der Waals surface area contributed by atoms with Crippen molar-refractivity contribution in [1.82, 2.24) is 19.1 Å².